The molecule has 0 amide bonds. The van der Waals surface area contributed by atoms with Crippen molar-refractivity contribution in [3.05, 3.63) is 91.0 Å². The number of carbonyl (C=O) groups excluding carboxylic acids is 2. The van der Waals surface area contributed by atoms with E-state index in [1.807, 2.05) is 6.92 Å². The molecule has 0 radical (unpaired) electrons. The highest BCUT2D eigenvalue weighted by Gasteiger charge is 2.14. The SMILES string of the molecule is CC(=O)CCl.CCC(C)=O.c1ccc(P(c2ccccc2)c2ccccc2)cc1. The lowest BCUT2D eigenvalue weighted by Gasteiger charge is -2.18. The first-order valence-corrected chi connectivity index (χ1v) is 11.4. The van der Waals surface area contributed by atoms with Crippen LogP contribution in [-0.2, 0) is 9.59 Å². The minimum Gasteiger partial charge on any atom is -0.300 e. The van der Waals surface area contributed by atoms with Crippen LogP contribution in [0.4, 0.5) is 0 Å². The molecular weight excluding hydrogens is 399 g/mol. The third-order valence-corrected chi connectivity index (χ3v) is 6.55. The maximum absolute atomic E-state index is 9.81. The van der Waals surface area contributed by atoms with E-state index < -0.39 is 7.92 Å². The highest BCUT2D eigenvalue weighted by atomic mass is 35.5. The van der Waals surface area contributed by atoms with Gasteiger partial charge in [0.2, 0.25) is 0 Å². The monoisotopic (exact) mass is 426 g/mol. The van der Waals surface area contributed by atoms with Crippen molar-refractivity contribution in [2.45, 2.75) is 27.2 Å². The first kappa shape index (κ1) is 24.8. The van der Waals surface area contributed by atoms with Crippen LogP contribution in [0.15, 0.2) is 91.0 Å². The fraction of sp³-hybridized carbons (Fsp3) is 0.200. The summed E-state index contributed by atoms with van der Waals surface area (Å²) < 4.78 is 0. The molecule has 0 aliphatic carbocycles. The van der Waals surface area contributed by atoms with Crippen LogP contribution in [0.25, 0.3) is 0 Å². The summed E-state index contributed by atoms with van der Waals surface area (Å²) in [6.45, 7) is 4.88. The standard InChI is InChI=1S/C18H15P.C4H8O.C3H5ClO/c1-4-10-16(11-5-1)19(17-12-6-2-7-13-17)18-14-8-3-9-15-18;1-3-4(2)5;1-3(5)2-4/h1-15H;3H2,1-2H3;2H2,1H3. The lowest BCUT2D eigenvalue weighted by atomic mass is 10.4. The lowest BCUT2D eigenvalue weighted by Crippen LogP contribution is -2.20. The normalized spacial score (nSPS) is 9.55. The number of Topliss-reactive ketones (excluding diaryl/α,β-unsaturated/α-hetero) is 2. The zero-order valence-corrected chi connectivity index (χ0v) is 18.9. The smallest absolute Gasteiger partial charge is 0.144 e. The first-order chi connectivity index (χ1) is 14.0. The Bertz CT molecular complexity index is 729. The Morgan fingerprint density at radius 2 is 0.897 bits per heavy atom. The fourth-order valence-electron chi connectivity index (χ4n) is 2.18. The van der Waals surface area contributed by atoms with Gasteiger partial charge in [0, 0.05) is 6.42 Å². The second-order valence-electron chi connectivity index (χ2n) is 6.23. The van der Waals surface area contributed by atoms with Crippen LogP contribution in [0.2, 0.25) is 0 Å². The van der Waals surface area contributed by atoms with Crippen molar-refractivity contribution in [1.82, 2.24) is 0 Å². The van der Waals surface area contributed by atoms with E-state index in [2.05, 4.69) is 91.0 Å². The summed E-state index contributed by atoms with van der Waals surface area (Å²) in [5.41, 5.74) is 0. The van der Waals surface area contributed by atoms with Gasteiger partial charge >= 0.3 is 0 Å². The van der Waals surface area contributed by atoms with Gasteiger partial charge in [-0.25, -0.2) is 0 Å². The Kier molecular flexibility index (Phi) is 12.5. The number of halogens is 1. The van der Waals surface area contributed by atoms with Gasteiger partial charge in [0.1, 0.15) is 11.6 Å². The second-order valence-corrected chi connectivity index (χ2v) is 8.72. The van der Waals surface area contributed by atoms with Crippen LogP contribution in [0.5, 0.6) is 0 Å². The highest BCUT2D eigenvalue weighted by Crippen LogP contribution is 2.32. The number of alkyl halides is 1. The Labute approximate surface area is 180 Å². The van der Waals surface area contributed by atoms with Gasteiger partial charge in [-0.1, -0.05) is 97.9 Å². The molecule has 0 aliphatic heterocycles. The van der Waals surface area contributed by atoms with Gasteiger partial charge in [0.25, 0.3) is 0 Å². The van der Waals surface area contributed by atoms with Crippen molar-refractivity contribution < 1.29 is 9.59 Å². The summed E-state index contributed by atoms with van der Waals surface area (Å²) >= 11 is 4.99. The van der Waals surface area contributed by atoms with Gasteiger partial charge in [-0.2, -0.15) is 0 Å². The molecule has 29 heavy (non-hydrogen) atoms. The van der Waals surface area contributed by atoms with Crippen molar-refractivity contribution >= 4 is 47.0 Å². The quantitative estimate of drug-likeness (QED) is 0.412. The van der Waals surface area contributed by atoms with Crippen LogP contribution in [-0.4, -0.2) is 17.4 Å². The molecule has 0 saturated heterocycles. The van der Waals surface area contributed by atoms with E-state index in [9.17, 15) is 9.59 Å². The molecule has 0 spiro atoms. The molecule has 152 valence electrons. The average molecular weight is 427 g/mol. The van der Waals surface area contributed by atoms with Gasteiger partial charge in [-0.15, -0.1) is 11.6 Å². The van der Waals surface area contributed by atoms with E-state index in [1.165, 1.54) is 22.8 Å². The summed E-state index contributed by atoms with van der Waals surface area (Å²) in [5.74, 6) is 0.414. The van der Waals surface area contributed by atoms with Crippen LogP contribution >= 0.6 is 19.5 Å². The molecule has 0 fully saturated rings. The van der Waals surface area contributed by atoms with Crippen LogP contribution in [0.1, 0.15) is 27.2 Å². The van der Waals surface area contributed by atoms with Crippen LogP contribution in [0.3, 0.4) is 0 Å². The molecule has 0 aromatic heterocycles. The Morgan fingerprint density at radius 3 is 1.07 bits per heavy atom. The average Bonchev–Trinajstić information content (AvgIpc) is 2.77. The van der Waals surface area contributed by atoms with Crippen molar-refractivity contribution in [1.29, 1.82) is 0 Å². The van der Waals surface area contributed by atoms with E-state index in [4.69, 9.17) is 11.6 Å². The third-order valence-electron chi connectivity index (χ3n) is 3.73. The van der Waals surface area contributed by atoms with Gasteiger partial charge < -0.3 is 4.79 Å². The number of hydrogen-bond donors (Lipinski definition) is 0. The summed E-state index contributed by atoms with van der Waals surface area (Å²) in [5, 5.41) is 4.19. The van der Waals surface area contributed by atoms with E-state index in [-0.39, 0.29) is 17.4 Å². The molecule has 2 nitrogen and oxygen atoms in total. The number of ketones is 2. The Hall–Kier alpha value is -2.28. The number of rotatable bonds is 5. The van der Waals surface area contributed by atoms with Gasteiger partial charge in [0.05, 0.1) is 5.88 Å². The summed E-state index contributed by atoms with van der Waals surface area (Å²) in [6, 6.07) is 32.3. The van der Waals surface area contributed by atoms with Crippen molar-refractivity contribution in [2.24, 2.45) is 0 Å². The maximum Gasteiger partial charge on any atom is 0.144 e. The number of benzene rings is 3. The topological polar surface area (TPSA) is 34.1 Å². The molecule has 3 aromatic rings. The minimum atomic E-state index is -0.446. The molecule has 4 heteroatoms. The molecule has 0 saturated carbocycles. The molecule has 0 unspecified atom stereocenters. The molecule has 3 aromatic carbocycles. The molecule has 0 bridgehead atoms. The molecule has 3 rings (SSSR count). The minimum absolute atomic E-state index is 0.0201. The van der Waals surface area contributed by atoms with Crippen LogP contribution in [0, 0.1) is 0 Å². The van der Waals surface area contributed by atoms with E-state index in [0.717, 1.165) is 0 Å². The Balaban J connectivity index is 0.000000353. The number of hydrogen-bond acceptors (Lipinski definition) is 2. The molecular formula is C25H28ClO2P. The van der Waals surface area contributed by atoms with E-state index >= 15 is 0 Å². The van der Waals surface area contributed by atoms with Gasteiger partial charge in [-0.3, -0.25) is 4.79 Å². The van der Waals surface area contributed by atoms with Crippen LogP contribution < -0.4 is 15.9 Å². The van der Waals surface area contributed by atoms with E-state index in [0.29, 0.717) is 6.42 Å². The van der Waals surface area contributed by atoms with Crippen molar-refractivity contribution in [3.8, 4) is 0 Å². The second kappa shape index (κ2) is 14.7. The Morgan fingerprint density at radius 1 is 0.655 bits per heavy atom. The van der Waals surface area contributed by atoms with Crippen molar-refractivity contribution in [2.75, 3.05) is 5.88 Å². The summed E-state index contributed by atoms with van der Waals surface area (Å²) in [6.07, 6.45) is 0.667. The molecule has 0 N–H and O–H groups in total. The van der Waals surface area contributed by atoms with Gasteiger partial charge in [0.15, 0.2) is 0 Å². The number of carbonyl (C=O) groups is 2. The highest BCUT2D eigenvalue weighted by molar-refractivity contribution is 7.79. The maximum atomic E-state index is 9.81. The predicted molar refractivity (Wildman–Crippen MR) is 128 cm³/mol. The van der Waals surface area contributed by atoms with E-state index in [1.54, 1.807) is 6.92 Å². The summed E-state index contributed by atoms with van der Waals surface area (Å²) in [4.78, 5) is 19.5. The van der Waals surface area contributed by atoms with Crippen molar-refractivity contribution in [3.63, 3.8) is 0 Å². The summed E-state index contributed by atoms with van der Waals surface area (Å²) in [7, 11) is -0.446. The zero-order valence-electron chi connectivity index (χ0n) is 17.2. The van der Waals surface area contributed by atoms with Gasteiger partial charge in [-0.05, 0) is 37.7 Å². The third kappa shape index (κ3) is 10.2. The lowest BCUT2D eigenvalue weighted by molar-refractivity contribution is -0.117. The molecule has 0 heterocycles. The zero-order chi connectivity index (χ0) is 21.5. The largest absolute Gasteiger partial charge is 0.300 e. The molecule has 0 aliphatic rings. The predicted octanol–water partition coefficient (Wildman–Crippen LogP) is 5.24. The fourth-order valence-corrected chi connectivity index (χ4v) is 4.48. The molecule has 0 atom stereocenters. The first-order valence-electron chi connectivity index (χ1n) is 9.49.